The van der Waals surface area contributed by atoms with Gasteiger partial charge in [0.15, 0.2) is 0 Å². The third kappa shape index (κ3) is 4.75. The zero-order valence-electron chi connectivity index (χ0n) is 17.0. The normalized spacial score (nSPS) is 18.7. The Balaban J connectivity index is 1.48. The third-order valence-electron chi connectivity index (χ3n) is 4.71. The summed E-state index contributed by atoms with van der Waals surface area (Å²) in [4.78, 5) is 23.4. The lowest BCUT2D eigenvalue weighted by atomic mass is 10.1. The van der Waals surface area contributed by atoms with Crippen LogP contribution in [0.4, 0.5) is 11.5 Å². The molecule has 1 aliphatic rings. The lowest BCUT2D eigenvalue weighted by Gasteiger charge is -2.35. The molecule has 2 atom stereocenters. The van der Waals surface area contributed by atoms with Crippen molar-refractivity contribution >= 4 is 17.4 Å². The highest BCUT2D eigenvalue weighted by Gasteiger charge is 2.28. The molecule has 1 amide bonds. The van der Waals surface area contributed by atoms with Crippen LogP contribution >= 0.6 is 0 Å². The first-order chi connectivity index (χ1) is 14.6. The van der Waals surface area contributed by atoms with Gasteiger partial charge in [-0.1, -0.05) is 6.07 Å². The Kier molecular flexibility index (Phi) is 5.90. The maximum Gasteiger partial charge on any atom is 0.259 e. The van der Waals surface area contributed by atoms with Crippen LogP contribution in [0, 0.1) is 0 Å². The molecule has 1 fully saturated rings. The fraction of sp³-hybridized carbons (Fsp3) is 0.261. The van der Waals surface area contributed by atoms with E-state index in [1.807, 2.05) is 56.3 Å². The highest BCUT2D eigenvalue weighted by molar-refractivity contribution is 5.96. The number of hydrogen-bond acceptors (Lipinski definition) is 6. The molecule has 7 heteroatoms. The van der Waals surface area contributed by atoms with E-state index in [4.69, 9.17) is 9.47 Å². The third-order valence-corrected chi connectivity index (χ3v) is 4.71. The van der Waals surface area contributed by atoms with Crippen molar-refractivity contribution in [1.82, 2.24) is 14.9 Å². The molecule has 1 aliphatic heterocycles. The van der Waals surface area contributed by atoms with Crippen LogP contribution in [-0.4, -0.2) is 46.1 Å². The van der Waals surface area contributed by atoms with Crippen molar-refractivity contribution < 1.29 is 14.3 Å². The smallest absolute Gasteiger partial charge is 0.259 e. The number of pyridine rings is 2. The molecule has 2 aromatic heterocycles. The van der Waals surface area contributed by atoms with Crippen molar-refractivity contribution in [3.8, 4) is 11.6 Å². The Morgan fingerprint density at radius 3 is 2.43 bits per heavy atom. The largest absolute Gasteiger partial charge is 0.438 e. The molecule has 3 heterocycles. The van der Waals surface area contributed by atoms with Gasteiger partial charge in [-0.2, -0.15) is 0 Å². The molecule has 1 N–H and O–H groups in total. The van der Waals surface area contributed by atoms with Gasteiger partial charge in [-0.25, -0.2) is 9.97 Å². The second-order valence-electron chi connectivity index (χ2n) is 7.29. The van der Waals surface area contributed by atoms with Gasteiger partial charge in [0, 0.05) is 31.2 Å². The Morgan fingerprint density at radius 2 is 1.73 bits per heavy atom. The predicted octanol–water partition coefficient (Wildman–Crippen LogP) is 4.26. The van der Waals surface area contributed by atoms with Crippen molar-refractivity contribution in [3.63, 3.8) is 0 Å². The van der Waals surface area contributed by atoms with Crippen LogP contribution in [-0.2, 0) is 4.74 Å². The van der Waals surface area contributed by atoms with Gasteiger partial charge in [0.25, 0.3) is 5.91 Å². The maximum absolute atomic E-state index is 13.1. The number of aromatic nitrogens is 2. The van der Waals surface area contributed by atoms with Crippen LogP contribution in [0.5, 0.6) is 11.6 Å². The maximum atomic E-state index is 13.1. The number of hydrogen-bond donors (Lipinski definition) is 1. The molecule has 154 valence electrons. The van der Waals surface area contributed by atoms with Gasteiger partial charge < -0.3 is 19.7 Å². The summed E-state index contributed by atoms with van der Waals surface area (Å²) in [6, 6.07) is 16.6. The summed E-state index contributed by atoms with van der Waals surface area (Å²) >= 11 is 0. The van der Waals surface area contributed by atoms with Crippen molar-refractivity contribution in [1.29, 1.82) is 0 Å². The van der Waals surface area contributed by atoms with Crippen molar-refractivity contribution in [2.45, 2.75) is 26.1 Å². The topological polar surface area (TPSA) is 76.6 Å². The molecule has 1 saturated heterocycles. The van der Waals surface area contributed by atoms with E-state index in [-0.39, 0.29) is 18.1 Å². The minimum absolute atomic E-state index is 0.00196. The van der Waals surface area contributed by atoms with Crippen LogP contribution in [0.2, 0.25) is 0 Å². The van der Waals surface area contributed by atoms with E-state index < -0.39 is 0 Å². The number of carbonyl (C=O) groups excluding carboxylic acids is 1. The van der Waals surface area contributed by atoms with E-state index in [0.29, 0.717) is 30.3 Å². The highest BCUT2D eigenvalue weighted by atomic mass is 16.5. The number of morpholine rings is 1. The van der Waals surface area contributed by atoms with Gasteiger partial charge in [0.05, 0.1) is 12.2 Å². The Morgan fingerprint density at radius 1 is 1.00 bits per heavy atom. The second-order valence-corrected chi connectivity index (χ2v) is 7.29. The summed E-state index contributed by atoms with van der Waals surface area (Å²) in [7, 11) is 0. The fourth-order valence-electron chi connectivity index (χ4n) is 3.45. The number of anilines is 2. The van der Waals surface area contributed by atoms with Gasteiger partial charge in [0.1, 0.15) is 17.1 Å². The number of ether oxygens (including phenoxy) is 2. The van der Waals surface area contributed by atoms with Crippen LogP contribution in [0.15, 0.2) is 67.0 Å². The van der Waals surface area contributed by atoms with E-state index in [2.05, 4.69) is 15.3 Å². The average Bonchev–Trinajstić information content (AvgIpc) is 2.75. The molecule has 4 rings (SSSR count). The Labute approximate surface area is 175 Å². The number of carbonyl (C=O) groups is 1. The SMILES string of the molecule is CC1CN(C(=O)c2cccnc2Oc2ccc(Nc3ccccn3)cc2)CC(C)O1. The molecule has 0 bridgehead atoms. The predicted molar refractivity (Wildman–Crippen MR) is 114 cm³/mol. The first-order valence-corrected chi connectivity index (χ1v) is 9.94. The van der Waals surface area contributed by atoms with E-state index in [1.54, 1.807) is 29.4 Å². The number of nitrogens with zero attached hydrogens (tertiary/aromatic N) is 3. The zero-order chi connectivity index (χ0) is 20.9. The summed E-state index contributed by atoms with van der Waals surface area (Å²) in [5, 5.41) is 3.22. The van der Waals surface area contributed by atoms with Crippen LogP contribution < -0.4 is 10.1 Å². The molecule has 0 radical (unpaired) electrons. The van der Waals surface area contributed by atoms with Gasteiger partial charge in [-0.15, -0.1) is 0 Å². The van der Waals surface area contributed by atoms with E-state index >= 15 is 0 Å². The average molecular weight is 404 g/mol. The van der Waals surface area contributed by atoms with Gasteiger partial charge >= 0.3 is 0 Å². The molecule has 2 unspecified atom stereocenters. The van der Waals surface area contributed by atoms with Gasteiger partial charge in [0.2, 0.25) is 5.88 Å². The van der Waals surface area contributed by atoms with Crippen molar-refractivity contribution in [3.05, 3.63) is 72.6 Å². The number of benzene rings is 1. The molecule has 7 nitrogen and oxygen atoms in total. The van der Waals surface area contributed by atoms with Gasteiger partial charge in [-0.05, 0) is 62.4 Å². The molecule has 1 aromatic carbocycles. The summed E-state index contributed by atoms with van der Waals surface area (Å²) in [5.74, 6) is 1.55. The summed E-state index contributed by atoms with van der Waals surface area (Å²) in [6.45, 7) is 5.03. The first-order valence-electron chi connectivity index (χ1n) is 9.94. The van der Waals surface area contributed by atoms with E-state index in [9.17, 15) is 4.79 Å². The standard InChI is InChI=1S/C23H24N4O3/c1-16-14-27(15-17(2)29-16)23(28)20-6-5-13-25-22(20)30-19-10-8-18(9-11-19)26-21-7-3-4-12-24-21/h3-13,16-17H,14-15H2,1-2H3,(H,24,26). The van der Waals surface area contributed by atoms with Crippen molar-refractivity contribution in [2.24, 2.45) is 0 Å². The lowest BCUT2D eigenvalue weighted by Crippen LogP contribution is -2.48. The van der Waals surface area contributed by atoms with Gasteiger partial charge in [-0.3, -0.25) is 4.79 Å². The monoisotopic (exact) mass is 404 g/mol. The van der Waals surface area contributed by atoms with Crippen molar-refractivity contribution in [2.75, 3.05) is 18.4 Å². The minimum atomic E-state index is -0.103. The molecular weight excluding hydrogens is 380 g/mol. The van der Waals surface area contributed by atoms with E-state index in [1.165, 1.54) is 0 Å². The quantitative estimate of drug-likeness (QED) is 0.685. The van der Waals surface area contributed by atoms with Crippen LogP contribution in [0.25, 0.3) is 0 Å². The zero-order valence-corrected chi connectivity index (χ0v) is 17.0. The highest BCUT2D eigenvalue weighted by Crippen LogP contribution is 2.27. The molecule has 0 spiro atoms. The lowest BCUT2D eigenvalue weighted by molar-refractivity contribution is -0.0586. The summed E-state index contributed by atoms with van der Waals surface area (Å²) in [6.07, 6.45) is 3.35. The van der Waals surface area contributed by atoms with Crippen LogP contribution in [0.3, 0.4) is 0 Å². The molecule has 0 aliphatic carbocycles. The molecular formula is C23H24N4O3. The number of amides is 1. The Hall–Kier alpha value is -3.45. The molecule has 3 aromatic rings. The number of nitrogens with one attached hydrogen (secondary N) is 1. The molecule has 0 saturated carbocycles. The minimum Gasteiger partial charge on any atom is -0.438 e. The second kappa shape index (κ2) is 8.92. The summed E-state index contributed by atoms with van der Waals surface area (Å²) < 4.78 is 11.7. The molecule has 30 heavy (non-hydrogen) atoms. The van der Waals surface area contributed by atoms with E-state index in [0.717, 1.165) is 11.5 Å². The van der Waals surface area contributed by atoms with Crippen LogP contribution in [0.1, 0.15) is 24.2 Å². The summed E-state index contributed by atoms with van der Waals surface area (Å²) in [5.41, 5.74) is 1.32. The first kappa shape index (κ1) is 19.8. The Bertz CT molecular complexity index is 985. The fourth-order valence-corrected chi connectivity index (χ4v) is 3.45. The number of rotatable bonds is 5.